The van der Waals surface area contributed by atoms with E-state index in [0.717, 1.165) is 96.3 Å². The predicted molar refractivity (Wildman–Crippen MR) is 344 cm³/mol. The largest absolute Gasteiger partial charge is 0.462 e. The molecule has 0 N–H and O–H groups in total. The minimum absolute atomic E-state index is 0.0715. The summed E-state index contributed by atoms with van der Waals surface area (Å²) in [7, 11) is 0. The molecule has 79 heavy (non-hydrogen) atoms. The van der Waals surface area contributed by atoms with Crippen LogP contribution in [0, 0.1) is 0 Å². The number of carbonyl (C=O) groups is 3. The first-order chi connectivity index (χ1) is 39.0. The highest BCUT2D eigenvalue weighted by Crippen LogP contribution is 2.18. The lowest BCUT2D eigenvalue weighted by molar-refractivity contribution is -0.167. The number of ether oxygens (including phenoxy) is 3. The average Bonchev–Trinajstić information content (AvgIpc) is 3.45. The van der Waals surface area contributed by atoms with Crippen LogP contribution in [-0.2, 0) is 28.6 Å². The first-order valence-electron chi connectivity index (χ1n) is 34.4. The quantitative estimate of drug-likeness (QED) is 0.0261. The molecular formula is C73H130O6. The van der Waals surface area contributed by atoms with Gasteiger partial charge in [0.1, 0.15) is 13.2 Å². The Balaban J connectivity index is 3.96. The lowest BCUT2D eigenvalue weighted by atomic mass is 10.0. The fraction of sp³-hybridized carbons (Fsp3) is 0.795. The van der Waals surface area contributed by atoms with Crippen LogP contribution >= 0.6 is 0 Å². The van der Waals surface area contributed by atoms with Crippen molar-refractivity contribution in [1.29, 1.82) is 0 Å². The first kappa shape index (κ1) is 75.8. The Morgan fingerprint density at radius 3 is 0.772 bits per heavy atom. The van der Waals surface area contributed by atoms with Gasteiger partial charge in [-0.2, -0.15) is 0 Å². The summed E-state index contributed by atoms with van der Waals surface area (Å²) in [6.07, 6.45) is 88.4. The molecule has 1 unspecified atom stereocenters. The van der Waals surface area contributed by atoms with Crippen LogP contribution in [0.4, 0.5) is 0 Å². The molecule has 6 heteroatoms. The van der Waals surface area contributed by atoms with E-state index in [4.69, 9.17) is 14.2 Å². The Morgan fingerprint density at radius 1 is 0.266 bits per heavy atom. The number of hydrogen-bond acceptors (Lipinski definition) is 6. The molecule has 458 valence electrons. The van der Waals surface area contributed by atoms with Crippen molar-refractivity contribution in [1.82, 2.24) is 0 Å². The zero-order valence-corrected chi connectivity index (χ0v) is 52.6. The molecule has 0 bridgehead atoms. The van der Waals surface area contributed by atoms with Gasteiger partial charge in [-0.1, -0.05) is 318 Å². The fourth-order valence-electron chi connectivity index (χ4n) is 10.1. The Hall–Kier alpha value is -3.15. The monoisotopic (exact) mass is 1100 g/mol. The van der Waals surface area contributed by atoms with Crippen molar-refractivity contribution in [2.75, 3.05) is 13.2 Å². The van der Waals surface area contributed by atoms with Gasteiger partial charge in [0.05, 0.1) is 0 Å². The number of rotatable bonds is 63. The molecule has 1 atom stereocenters. The lowest BCUT2D eigenvalue weighted by Gasteiger charge is -2.18. The normalized spacial score (nSPS) is 12.5. The summed E-state index contributed by atoms with van der Waals surface area (Å²) in [4.78, 5) is 38.0. The van der Waals surface area contributed by atoms with Gasteiger partial charge in [-0.15, -0.1) is 0 Å². The maximum absolute atomic E-state index is 12.9. The standard InChI is InChI=1S/C73H130O6/c1-4-7-10-13-15-17-19-21-23-25-27-29-31-33-35-36-38-39-41-43-45-47-49-51-53-55-57-60-63-66-72(75)78-69-70(68-77-71(74)65-62-59-12-9-6-3)79-73(76)67-64-61-58-56-54-52-50-48-46-44-42-40-37-34-32-30-28-26-24-22-20-18-16-14-11-8-5-2/h8,11,16,18-19,21-22,24-25,27-28,30,70H,4-7,9-10,12-15,17,20,23,26,29,31-69H2,1-3H3/b11-8-,18-16-,21-19-,24-22-,27-25-,30-28-. The molecule has 0 fully saturated rings. The van der Waals surface area contributed by atoms with Crippen molar-refractivity contribution in [2.45, 2.75) is 361 Å². The van der Waals surface area contributed by atoms with Crippen LogP contribution in [0.3, 0.4) is 0 Å². The van der Waals surface area contributed by atoms with E-state index in [0.29, 0.717) is 19.3 Å². The van der Waals surface area contributed by atoms with Crippen molar-refractivity contribution >= 4 is 17.9 Å². The maximum atomic E-state index is 12.9. The molecule has 0 radical (unpaired) electrons. The van der Waals surface area contributed by atoms with Gasteiger partial charge in [-0.3, -0.25) is 14.4 Å². The summed E-state index contributed by atoms with van der Waals surface area (Å²) in [6.45, 7) is 6.48. The van der Waals surface area contributed by atoms with Gasteiger partial charge >= 0.3 is 17.9 Å². The van der Waals surface area contributed by atoms with E-state index >= 15 is 0 Å². The molecule has 0 aromatic heterocycles. The highest BCUT2D eigenvalue weighted by atomic mass is 16.6. The van der Waals surface area contributed by atoms with E-state index in [1.54, 1.807) is 0 Å². The second-order valence-electron chi connectivity index (χ2n) is 23.1. The van der Waals surface area contributed by atoms with Crippen LogP contribution in [0.2, 0.25) is 0 Å². The fourth-order valence-corrected chi connectivity index (χ4v) is 10.1. The smallest absolute Gasteiger partial charge is 0.306 e. The molecule has 0 saturated carbocycles. The van der Waals surface area contributed by atoms with Crippen LogP contribution in [0.1, 0.15) is 355 Å². The third-order valence-corrected chi connectivity index (χ3v) is 15.2. The van der Waals surface area contributed by atoms with Gasteiger partial charge in [0.25, 0.3) is 0 Å². The molecular weight excluding hydrogens is 973 g/mol. The lowest BCUT2D eigenvalue weighted by Crippen LogP contribution is -2.30. The Morgan fingerprint density at radius 2 is 0.494 bits per heavy atom. The number of carbonyl (C=O) groups excluding carboxylic acids is 3. The minimum atomic E-state index is -0.771. The van der Waals surface area contributed by atoms with Crippen LogP contribution in [0.5, 0.6) is 0 Å². The third kappa shape index (κ3) is 65.5. The summed E-state index contributed by atoms with van der Waals surface area (Å²) in [5, 5.41) is 0. The van der Waals surface area contributed by atoms with E-state index in [-0.39, 0.29) is 31.1 Å². The topological polar surface area (TPSA) is 78.9 Å². The molecule has 0 amide bonds. The number of allylic oxidation sites excluding steroid dienone is 12. The Bertz CT molecular complexity index is 1450. The average molecular weight is 1100 g/mol. The van der Waals surface area contributed by atoms with Gasteiger partial charge in [0.2, 0.25) is 0 Å². The van der Waals surface area contributed by atoms with Crippen LogP contribution < -0.4 is 0 Å². The van der Waals surface area contributed by atoms with Gasteiger partial charge in [0.15, 0.2) is 6.10 Å². The van der Waals surface area contributed by atoms with Crippen molar-refractivity contribution in [3.63, 3.8) is 0 Å². The van der Waals surface area contributed by atoms with Gasteiger partial charge in [0, 0.05) is 19.3 Å². The second-order valence-corrected chi connectivity index (χ2v) is 23.1. The van der Waals surface area contributed by atoms with Gasteiger partial charge in [-0.25, -0.2) is 0 Å². The van der Waals surface area contributed by atoms with Crippen molar-refractivity contribution in [3.8, 4) is 0 Å². The molecule has 0 heterocycles. The Kier molecular flexibility index (Phi) is 64.7. The summed E-state index contributed by atoms with van der Waals surface area (Å²) < 4.78 is 16.8. The highest BCUT2D eigenvalue weighted by molar-refractivity contribution is 5.71. The molecule has 0 aromatic rings. The van der Waals surface area contributed by atoms with Crippen LogP contribution in [0.15, 0.2) is 72.9 Å². The number of hydrogen-bond donors (Lipinski definition) is 0. The van der Waals surface area contributed by atoms with Gasteiger partial charge in [-0.05, 0) is 89.9 Å². The zero-order valence-electron chi connectivity index (χ0n) is 52.6. The molecule has 0 aliphatic carbocycles. The van der Waals surface area contributed by atoms with Gasteiger partial charge < -0.3 is 14.2 Å². The van der Waals surface area contributed by atoms with E-state index in [1.165, 1.54) is 218 Å². The molecule has 0 aromatic carbocycles. The minimum Gasteiger partial charge on any atom is -0.462 e. The molecule has 0 rings (SSSR count). The van der Waals surface area contributed by atoms with Crippen LogP contribution in [0.25, 0.3) is 0 Å². The third-order valence-electron chi connectivity index (χ3n) is 15.2. The highest BCUT2D eigenvalue weighted by Gasteiger charge is 2.19. The van der Waals surface area contributed by atoms with Crippen molar-refractivity contribution in [3.05, 3.63) is 72.9 Å². The predicted octanol–water partition coefficient (Wildman–Crippen LogP) is 23.7. The molecule has 0 aliphatic rings. The summed E-state index contributed by atoms with van der Waals surface area (Å²) in [6, 6.07) is 0. The second kappa shape index (κ2) is 67.4. The maximum Gasteiger partial charge on any atom is 0.306 e. The SMILES string of the molecule is CC/C=C\C/C=C\C/C=C\C/C=C\CCCCCCCCCCCCCCCCC(=O)OC(COC(=O)CCCCCCC)COC(=O)CCCCCCCCCCCCCCCCCCC/C=C\C/C=C\CCCCCCC. The van der Waals surface area contributed by atoms with E-state index < -0.39 is 6.10 Å². The van der Waals surface area contributed by atoms with E-state index in [1.807, 2.05) is 0 Å². The molecule has 0 saturated heterocycles. The van der Waals surface area contributed by atoms with Crippen molar-refractivity contribution < 1.29 is 28.6 Å². The summed E-state index contributed by atoms with van der Waals surface area (Å²) in [5.74, 6) is -0.869. The first-order valence-corrected chi connectivity index (χ1v) is 34.4. The molecule has 6 nitrogen and oxygen atoms in total. The summed E-state index contributed by atoms with van der Waals surface area (Å²) >= 11 is 0. The van der Waals surface area contributed by atoms with E-state index in [2.05, 4.69) is 93.7 Å². The Labute approximate surface area is 491 Å². The molecule has 0 aliphatic heterocycles. The molecule has 0 spiro atoms. The van der Waals surface area contributed by atoms with Crippen LogP contribution in [-0.4, -0.2) is 37.2 Å². The summed E-state index contributed by atoms with van der Waals surface area (Å²) in [5.41, 5.74) is 0. The van der Waals surface area contributed by atoms with E-state index in [9.17, 15) is 14.4 Å². The van der Waals surface area contributed by atoms with Crippen molar-refractivity contribution in [2.24, 2.45) is 0 Å². The zero-order chi connectivity index (χ0) is 57.1. The number of esters is 3. The number of unbranched alkanes of at least 4 members (excludes halogenated alkanes) is 40.